The fourth-order valence-electron chi connectivity index (χ4n) is 1.92. The summed E-state index contributed by atoms with van der Waals surface area (Å²) in [5, 5.41) is 3.43. The van der Waals surface area contributed by atoms with E-state index in [0.717, 1.165) is 26.1 Å². The minimum atomic E-state index is 0.102. The average Bonchev–Trinajstić information content (AvgIpc) is 2.46. The van der Waals surface area contributed by atoms with E-state index in [0.29, 0.717) is 19.1 Å². The van der Waals surface area contributed by atoms with Gasteiger partial charge in [-0.3, -0.25) is 0 Å². The highest BCUT2D eigenvalue weighted by atomic mass is 16.5. The number of rotatable bonds is 11. The zero-order chi connectivity index (χ0) is 14.6. The van der Waals surface area contributed by atoms with Crippen LogP contribution < -0.4 is 5.32 Å². The van der Waals surface area contributed by atoms with E-state index in [1.54, 1.807) is 0 Å². The molecule has 1 unspecified atom stereocenters. The van der Waals surface area contributed by atoms with Crippen molar-refractivity contribution in [3.63, 3.8) is 0 Å². The first kappa shape index (κ1) is 17.2. The van der Waals surface area contributed by atoms with Crippen molar-refractivity contribution >= 4 is 0 Å². The molecule has 3 heteroatoms. The van der Waals surface area contributed by atoms with Crippen LogP contribution in [0.5, 0.6) is 0 Å². The fourth-order valence-corrected chi connectivity index (χ4v) is 1.92. The molecule has 1 aromatic carbocycles. The van der Waals surface area contributed by atoms with Crippen LogP contribution in [-0.4, -0.2) is 32.9 Å². The van der Waals surface area contributed by atoms with Gasteiger partial charge in [0, 0.05) is 13.2 Å². The number of hydrogen-bond donors (Lipinski definition) is 1. The second-order valence-electron chi connectivity index (χ2n) is 5.44. The Kier molecular flexibility index (Phi) is 9.29. The van der Waals surface area contributed by atoms with E-state index in [1.807, 2.05) is 6.07 Å². The van der Waals surface area contributed by atoms with E-state index in [9.17, 15) is 0 Å². The quantitative estimate of drug-likeness (QED) is 0.630. The van der Waals surface area contributed by atoms with Crippen LogP contribution in [0.1, 0.15) is 38.9 Å². The first-order chi connectivity index (χ1) is 9.74. The highest BCUT2D eigenvalue weighted by molar-refractivity contribution is 5.17. The summed E-state index contributed by atoms with van der Waals surface area (Å²) in [6.07, 6.45) is 1.24. The van der Waals surface area contributed by atoms with Gasteiger partial charge in [-0.1, -0.05) is 51.1 Å². The molecule has 0 aliphatic carbocycles. The van der Waals surface area contributed by atoms with Crippen LogP contribution in [0.25, 0.3) is 0 Å². The molecule has 0 spiro atoms. The smallest absolute Gasteiger partial charge is 0.0950 e. The van der Waals surface area contributed by atoms with Crippen LogP contribution in [0, 0.1) is 5.92 Å². The third-order valence-corrected chi connectivity index (χ3v) is 2.93. The van der Waals surface area contributed by atoms with Crippen LogP contribution in [0.2, 0.25) is 0 Å². The van der Waals surface area contributed by atoms with Crippen LogP contribution >= 0.6 is 0 Å². The van der Waals surface area contributed by atoms with Gasteiger partial charge in [-0.05, 0) is 24.4 Å². The number of ether oxygens (including phenoxy) is 2. The molecule has 0 aromatic heterocycles. The molecule has 0 fully saturated rings. The molecular weight excluding hydrogens is 250 g/mol. The number of hydrogen-bond acceptors (Lipinski definition) is 3. The predicted molar refractivity (Wildman–Crippen MR) is 84.0 cm³/mol. The van der Waals surface area contributed by atoms with Crippen LogP contribution in [0.3, 0.4) is 0 Å². The van der Waals surface area contributed by atoms with Crippen molar-refractivity contribution in [1.29, 1.82) is 0 Å². The second kappa shape index (κ2) is 10.8. The lowest BCUT2D eigenvalue weighted by Gasteiger charge is -2.19. The summed E-state index contributed by atoms with van der Waals surface area (Å²) in [4.78, 5) is 0. The van der Waals surface area contributed by atoms with Gasteiger partial charge in [0.2, 0.25) is 0 Å². The van der Waals surface area contributed by atoms with Gasteiger partial charge >= 0.3 is 0 Å². The minimum Gasteiger partial charge on any atom is -0.379 e. The van der Waals surface area contributed by atoms with E-state index in [1.165, 1.54) is 5.56 Å². The third-order valence-electron chi connectivity index (χ3n) is 2.93. The van der Waals surface area contributed by atoms with E-state index < -0.39 is 0 Å². The highest BCUT2D eigenvalue weighted by Gasteiger charge is 2.11. The Hall–Kier alpha value is -0.900. The fraction of sp³-hybridized carbons (Fsp3) is 0.647. The van der Waals surface area contributed by atoms with E-state index in [4.69, 9.17) is 9.47 Å². The molecule has 1 atom stereocenters. The summed E-state index contributed by atoms with van der Waals surface area (Å²) in [7, 11) is 0. The summed E-state index contributed by atoms with van der Waals surface area (Å²) in [6, 6.07) is 10.4. The first-order valence-corrected chi connectivity index (χ1v) is 7.69. The van der Waals surface area contributed by atoms with Crippen LogP contribution in [-0.2, 0) is 9.47 Å². The molecule has 0 heterocycles. The molecule has 0 aliphatic heterocycles. The lowest BCUT2D eigenvalue weighted by molar-refractivity contribution is -0.00123. The molecule has 114 valence electrons. The summed E-state index contributed by atoms with van der Waals surface area (Å²) >= 11 is 0. The van der Waals surface area contributed by atoms with Gasteiger partial charge in [0.1, 0.15) is 0 Å². The maximum atomic E-state index is 5.97. The molecule has 0 amide bonds. The molecule has 1 N–H and O–H groups in total. The number of nitrogens with one attached hydrogen (secondary N) is 1. The summed E-state index contributed by atoms with van der Waals surface area (Å²) in [6.45, 7) is 10.5. The van der Waals surface area contributed by atoms with Crippen molar-refractivity contribution in [3.8, 4) is 0 Å². The van der Waals surface area contributed by atoms with Crippen LogP contribution in [0.4, 0.5) is 0 Å². The topological polar surface area (TPSA) is 30.5 Å². The molecule has 1 rings (SSSR count). The van der Waals surface area contributed by atoms with Crippen molar-refractivity contribution in [3.05, 3.63) is 35.9 Å². The molecule has 0 saturated heterocycles. The van der Waals surface area contributed by atoms with Crippen molar-refractivity contribution in [2.75, 3.05) is 32.9 Å². The van der Waals surface area contributed by atoms with Gasteiger partial charge in [0.15, 0.2) is 0 Å². The van der Waals surface area contributed by atoms with Crippen molar-refractivity contribution in [2.45, 2.75) is 33.3 Å². The maximum absolute atomic E-state index is 5.97. The normalized spacial score (nSPS) is 12.8. The molecule has 1 aromatic rings. The Morgan fingerprint density at radius 2 is 1.85 bits per heavy atom. The van der Waals surface area contributed by atoms with Gasteiger partial charge in [0.05, 0.1) is 19.3 Å². The van der Waals surface area contributed by atoms with Gasteiger partial charge in [-0.2, -0.15) is 0 Å². The summed E-state index contributed by atoms with van der Waals surface area (Å²) in [5.41, 5.74) is 1.22. The Labute approximate surface area is 123 Å². The second-order valence-corrected chi connectivity index (χ2v) is 5.44. The maximum Gasteiger partial charge on any atom is 0.0950 e. The lowest BCUT2D eigenvalue weighted by atomic mass is 10.1. The van der Waals surface area contributed by atoms with Crippen molar-refractivity contribution in [2.24, 2.45) is 5.92 Å². The lowest BCUT2D eigenvalue weighted by Crippen LogP contribution is -2.25. The van der Waals surface area contributed by atoms with Crippen molar-refractivity contribution < 1.29 is 9.47 Å². The Bertz CT molecular complexity index is 327. The minimum absolute atomic E-state index is 0.102. The molecule has 3 nitrogen and oxygen atoms in total. The SMILES string of the molecule is CCCNCC(OCCOCC(C)C)c1ccccc1. The first-order valence-electron chi connectivity index (χ1n) is 7.69. The average molecular weight is 279 g/mol. The molecule has 0 bridgehead atoms. The Morgan fingerprint density at radius 1 is 1.10 bits per heavy atom. The standard InChI is InChI=1S/C17H29NO2/c1-4-10-18-13-17(16-8-6-5-7-9-16)20-12-11-19-14-15(2)3/h5-9,15,17-18H,4,10-14H2,1-3H3. The zero-order valence-corrected chi connectivity index (χ0v) is 13.1. The van der Waals surface area contributed by atoms with Gasteiger partial charge in [-0.15, -0.1) is 0 Å². The molecule has 0 saturated carbocycles. The zero-order valence-electron chi connectivity index (χ0n) is 13.1. The third kappa shape index (κ3) is 7.63. The number of benzene rings is 1. The molecule has 0 aliphatic rings. The Morgan fingerprint density at radius 3 is 2.50 bits per heavy atom. The largest absolute Gasteiger partial charge is 0.379 e. The van der Waals surface area contributed by atoms with E-state index in [-0.39, 0.29) is 6.10 Å². The molecule has 20 heavy (non-hydrogen) atoms. The molecular formula is C17H29NO2. The van der Waals surface area contributed by atoms with Gasteiger partial charge in [-0.25, -0.2) is 0 Å². The molecule has 0 radical (unpaired) electrons. The Balaban J connectivity index is 2.35. The van der Waals surface area contributed by atoms with E-state index in [2.05, 4.69) is 50.4 Å². The monoisotopic (exact) mass is 279 g/mol. The summed E-state index contributed by atoms with van der Waals surface area (Å²) < 4.78 is 11.5. The van der Waals surface area contributed by atoms with Crippen molar-refractivity contribution in [1.82, 2.24) is 5.32 Å². The summed E-state index contributed by atoms with van der Waals surface area (Å²) in [5.74, 6) is 0.575. The highest BCUT2D eigenvalue weighted by Crippen LogP contribution is 2.16. The van der Waals surface area contributed by atoms with E-state index >= 15 is 0 Å². The predicted octanol–water partition coefficient (Wildman–Crippen LogP) is 3.42. The van der Waals surface area contributed by atoms with Gasteiger partial charge in [0.25, 0.3) is 0 Å². The van der Waals surface area contributed by atoms with Crippen LogP contribution in [0.15, 0.2) is 30.3 Å². The van der Waals surface area contributed by atoms with Gasteiger partial charge < -0.3 is 14.8 Å².